The number of anilines is 1. The predicted octanol–water partition coefficient (Wildman–Crippen LogP) is 2.89. The number of ether oxygens (including phenoxy) is 1. The second kappa shape index (κ2) is 5.14. The summed E-state index contributed by atoms with van der Waals surface area (Å²) >= 11 is 5.62. The van der Waals surface area contributed by atoms with E-state index >= 15 is 0 Å². The quantitative estimate of drug-likeness (QED) is 0.653. The van der Waals surface area contributed by atoms with Crippen LogP contribution in [0.4, 0.5) is 10.5 Å². The number of aldehydes is 1. The highest BCUT2D eigenvalue weighted by molar-refractivity contribution is 6.29. The van der Waals surface area contributed by atoms with E-state index in [1.807, 2.05) is 0 Å². The van der Waals surface area contributed by atoms with Gasteiger partial charge in [0.2, 0.25) is 0 Å². The minimum atomic E-state index is -0.648. The van der Waals surface area contributed by atoms with E-state index in [4.69, 9.17) is 16.3 Å². The van der Waals surface area contributed by atoms with E-state index in [2.05, 4.69) is 10.3 Å². The molecule has 0 aromatic carbocycles. The summed E-state index contributed by atoms with van der Waals surface area (Å²) in [5.74, 6) is 0. The summed E-state index contributed by atoms with van der Waals surface area (Å²) in [4.78, 5) is 26.0. The molecule has 0 spiro atoms. The van der Waals surface area contributed by atoms with Gasteiger partial charge in [-0.2, -0.15) is 0 Å². The number of halogens is 1. The summed E-state index contributed by atoms with van der Waals surface area (Å²) in [6.07, 6.45) is -0.136. The number of aromatic nitrogens is 1. The maximum atomic E-state index is 11.5. The Morgan fingerprint density at radius 2 is 2.12 bits per heavy atom. The van der Waals surface area contributed by atoms with Gasteiger partial charge in [0, 0.05) is 0 Å². The lowest BCUT2D eigenvalue weighted by molar-refractivity contribution is 0.0636. The Bertz CT molecular complexity index is 441. The van der Waals surface area contributed by atoms with Crippen molar-refractivity contribution in [1.29, 1.82) is 0 Å². The fraction of sp³-hybridized carbons (Fsp3) is 0.364. The normalized spacial score (nSPS) is 10.8. The summed E-state index contributed by atoms with van der Waals surface area (Å²) in [7, 11) is 0. The van der Waals surface area contributed by atoms with Crippen molar-refractivity contribution in [2.45, 2.75) is 26.4 Å². The first-order chi connectivity index (χ1) is 7.81. The second-order valence-corrected chi connectivity index (χ2v) is 4.70. The van der Waals surface area contributed by atoms with Gasteiger partial charge in [-0.25, -0.2) is 9.78 Å². The number of pyridine rings is 1. The van der Waals surface area contributed by atoms with E-state index in [-0.39, 0.29) is 16.5 Å². The number of carbonyl (C=O) groups is 2. The van der Waals surface area contributed by atoms with Gasteiger partial charge in [0.25, 0.3) is 0 Å². The minimum Gasteiger partial charge on any atom is -0.444 e. The average molecular weight is 257 g/mol. The summed E-state index contributed by atoms with van der Waals surface area (Å²) in [5.41, 5.74) is -0.285. The number of hydrogen-bond donors (Lipinski definition) is 1. The van der Waals surface area contributed by atoms with Gasteiger partial charge in [-0.1, -0.05) is 11.6 Å². The van der Waals surface area contributed by atoms with Crippen molar-refractivity contribution in [1.82, 2.24) is 4.98 Å². The van der Waals surface area contributed by atoms with E-state index < -0.39 is 11.7 Å². The zero-order chi connectivity index (χ0) is 13.1. The summed E-state index contributed by atoms with van der Waals surface area (Å²) in [6, 6.07) is 2.96. The van der Waals surface area contributed by atoms with E-state index in [0.29, 0.717) is 6.29 Å². The summed E-state index contributed by atoms with van der Waals surface area (Å²) in [6.45, 7) is 5.23. The number of nitrogens with one attached hydrogen (secondary N) is 1. The maximum Gasteiger partial charge on any atom is 0.412 e. The molecule has 1 heterocycles. The Hall–Kier alpha value is -1.62. The van der Waals surface area contributed by atoms with E-state index in [0.717, 1.165) is 0 Å². The van der Waals surface area contributed by atoms with E-state index in [1.54, 1.807) is 20.8 Å². The highest BCUT2D eigenvalue weighted by Crippen LogP contribution is 2.16. The molecule has 0 aliphatic carbocycles. The SMILES string of the molecule is CC(C)(C)OC(=O)Nc1ccc(Cl)nc1C=O. The first-order valence-corrected chi connectivity index (χ1v) is 5.31. The van der Waals surface area contributed by atoms with E-state index in [1.165, 1.54) is 12.1 Å². The molecule has 1 N–H and O–H groups in total. The van der Waals surface area contributed by atoms with E-state index in [9.17, 15) is 9.59 Å². The topological polar surface area (TPSA) is 68.3 Å². The highest BCUT2D eigenvalue weighted by Gasteiger charge is 2.17. The van der Waals surface area contributed by atoms with Gasteiger partial charge in [-0.05, 0) is 32.9 Å². The van der Waals surface area contributed by atoms with Crippen LogP contribution < -0.4 is 5.32 Å². The minimum absolute atomic E-state index is 0.0587. The third-order valence-electron chi connectivity index (χ3n) is 1.64. The first kappa shape index (κ1) is 13.4. The molecule has 6 heteroatoms. The summed E-state index contributed by atoms with van der Waals surface area (Å²) < 4.78 is 5.04. The molecule has 0 unspecified atom stereocenters. The number of nitrogens with zero attached hydrogens (tertiary/aromatic N) is 1. The fourth-order valence-corrected chi connectivity index (χ4v) is 1.21. The van der Waals surface area contributed by atoms with Crippen LogP contribution in [0.3, 0.4) is 0 Å². The number of carbonyl (C=O) groups excluding carboxylic acids is 2. The standard InChI is InChI=1S/C11H13ClN2O3/c1-11(2,3)17-10(16)14-7-4-5-9(12)13-8(7)6-15/h4-6H,1-3H3,(H,14,16). The Balaban J connectivity index is 2.81. The van der Waals surface area contributed by atoms with Crippen LogP contribution in [-0.4, -0.2) is 23.0 Å². The van der Waals surface area contributed by atoms with Crippen molar-refractivity contribution in [3.63, 3.8) is 0 Å². The lowest BCUT2D eigenvalue weighted by Gasteiger charge is -2.19. The number of amides is 1. The second-order valence-electron chi connectivity index (χ2n) is 4.31. The first-order valence-electron chi connectivity index (χ1n) is 4.93. The van der Waals surface area contributed by atoms with Crippen molar-refractivity contribution in [2.24, 2.45) is 0 Å². The lowest BCUT2D eigenvalue weighted by atomic mass is 10.2. The average Bonchev–Trinajstić information content (AvgIpc) is 2.17. The van der Waals surface area contributed by atoms with Gasteiger partial charge in [-0.15, -0.1) is 0 Å². The Morgan fingerprint density at radius 1 is 1.47 bits per heavy atom. The molecule has 17 heavy (non-hydrogen) atoms. The number of hydrogen-bond acceptors (Lipinski definition) is 4. The van der Waals surface area contributed by atoms with Gasteiger partial charge in [0.1, 0.15) is 16.4 Å². The smallest absolute Gasteiger partial charge is 0.412 e. The molecule has 0 atom stereocenters. The highest BCUT2D eigenvalue weighted by atomic mass is 35.5. The van der Waals surface area contributed by atoms with Gasteiger partial charge in [0.05, 0.1) is 5.69 Å². The Morgan fingerprint density at radius 3 is 2.65 bits per heavy atom. The maximum absolute atomic E-state index is 11.5. The molecule has 1 rings (SSSR count). The van der Waals surface area contributed by atoms with Crippen molar-refractivity contribution in [3.05, 3.63) is 23.0 Å². The van der Waals surface area contributed by atoms with Crippen molar-refractivity contribution >= 4 is 29.7 Å². The molecule has 0 saturated carbocycles. The Kier molecular flexibility index (Phi) is 4.07. The largest absolute Gasteiger partial charge is 0.444 e. The molecule has 0 aliphatic heterocycles. The molecule has 92 valence electrons. The number of rotatable bonds is 2. The van der Waals surface area contributed by atoms with Crippen LogP contribution in [0.1, 0.15) is 31.3 Å². The van der Waals surface area contributed by atoms with Gasteiger partial charge < -0.3 is 4.74 Å². The summed E-state index contributed by atoms with van der Waals surface area (Å²) in [5, 5.41) is 2.61. The van der Waals surface area contributed by atoms with Crippen LogP contribution in [0.5, 0.6) is 0 Å². The molecule has 0 saturated heterocycles. The fourth-order valence-electron chi connectivity index (χ4n) is 1.06. The van der Waals surface area contributed by atoms with Crippen LogP contribution in [0, 0.1) is 0 Å². The molecule has 0 aliphatic rings. The molecule has 0 bridgehead atoms. The van der Waals surface area contributed by atoms with Crippen LogP contribution in [0.25, 0.3) is 0 Å². The molecule has 0 fully saturated rings. The van der Waals surface area contributed by atoms with Crippen LogP contribution in [0.15, 0.2) is 12.1 Å². The predicted molar refractivity (Wildman–Crippen MR) is 64.5 cm³/mol. The third-order valence-corrected chi connectivity index (χ3v) is 1.85. The molecule has 5 nitrogen and oxygen atoms in total. The van der Waals surface area contributed by atoms with Crippen molar-refractivity contribution in [3.8, 4) is 0 Å². The zero-order valence-corrected chi connectivity index (χ0v) is 10.5. The van der Waals surface area contributed by atoms with Crippen LogP contribution in [-0.2, 0) is 4.74 Å². The molecular weight excluding hydrogens is 244 g/mol. The molecule has 1 aromatic heterocycles. The lowest BCUT2D eigenvalue weighted by Crippen LogP contribution is -2.27. The monoisotopic (exact) mass is 256 g/mol. The molecule has 0 radical (unpaired) electrons. The Labute approximate surface area is 104 Å². The molecule has 1 amide bonds. The van der Waals surface area contributed by atoms with Gasteiger partial charge in [0.15, 0.2) is 6.29 Å². The molecular formula is C11H13ClN2O3. The van der Waals surface area contributed by atoms with Gasteiger partial charge in [-0.3, -0.25) is 10.1 Å². The van der Waals surface area contributed by atoms with Gasteiger partial charge >= 0.3 is 6.09 Å². The third kappa shape index (κ3) is 4.40. The van der Waals surface area contributed by atoms with Crippen LogP contribution >= 0.6 is 11.6 Å². The van der Waals surface area contributed by atoms with Crippen LogP contribution in [0.2, 0.25) is 5.15 Å². The molecule has 1 aromatic rings. The van der Waals surface area contributed by atoms with Crippen molar-refractivity contribution in [2.75, 3.05) is 5.32 Å². The zero-order valence-electron chi connectivity index (χ0n) is 9.78. The van der Waals surface area contributed by atoms with Crippen molar-refractivity contribution < 1.29 is 14.3 Å².